The van der Waals surface area contributed by atoms with Crippen LogP contribution in [0.2, 0.25) is 0 Å². The van der Waals surface area contributed by atoms with Gasteiger partial charge in [-0.15, -0.1) is 0 Å². The molecule has 0 spiro atoms. The highest BCUT2D eigenvalue weighted by Gasteiger charge is 2.25. The fraction of sp³-hybridized carbons (Fsp3) is 0.955. The Morgan fingerprint density at radius 3 is 1.71 bits per heavy atom. The third-order valence-corrected chi connectivity index (χ3v) is 5.08. The molecule has 0 N–H and O–H groups in total. The van der Waals surface area contributed by atoms with Gasteiger partial charge in [0.25, 0.3) is 0 Å². The van der Waals surface area contributed by atoms with Crippen molar-refractivity contribution in [3.8, 4) is 0 Å². The van der Waals surface area contributed by atoms with Crippen molar-refractivity contribution in [2.45, 2.75) is 124 Å². The van der Waals surface area contributed by atoms with Crippen molar-refractivity contribution in [1.29, 1.82) is 0 Å². The number of unbranched alkanes of at least 4 members (excludes halogenated alkanes) is 9. The molecule has 0 heterocycles. The third kappa shape index (κ3) is 13.9. The molecule has 0 saturated carbocycles. The Labute approximate surface area is 152 Å². The standard InChI is InChI=1S/C22H44O2/c1-5-8-11-13-14-16-19-22(4,18-15-12-9-6-2)20-24-21(23)17-10-7-3/h5-20H2,1-4H3. The van der Waals surface area contributed by atoms with E-state index in [0.717, 1.165) is 12.8 Å². The Balaban J connectivity index is 4.18. The first-order valence-electron chi connectivity index (χ1n) is 10.7. The lowest BCUT2D eigenvalue weighted by molar-refractivity contribution is -0.147. The van der Waals surface area contributed by atoms with Gasteiger partial charge in [-0.3, -0.25) is 4.79 Å². The van der Waals surface area contributed by atoms with E-state index in [9.17, 15) is 4.79 Å². The summed E-state index contributed by atoms with van der Waals surface area (Å²) in [5.41, 5.74) is 0.181. The van der Waals surface area contributed by atoms with Crippen molar-refractivity contribution in [2.24, 2.45) is 5.41 Å². The molecule has 0 aliphatic rings. The van der Waals surface area contributed by atoms with Crippen molar-refractivity contribution in [2.75, 3.05) is 6.61 Å². The van der Waals surface area contributed by atoms with E-state index in [1.165, 1.54) is 77.0 Å². The van der Waals surface area contributed by atoms with Crippen LogP contribution in [0.4, 0.5) is 0 Å². The first-order chi connectivity index (χ1) is 11.6. The Kier molecular flexibility index (Phi) is 15.6. The second-order valence-electron chi connectivity index (χ2n) is 7.90. The van der Waals surface area contributed by atoms with Crippen molar-refractivity contribution in [3.05, 3.63) is 0 Å². The van der Waals surface area contributed by atoms with Crippen molar-refractivity contribution in [1.82, 2.24) is 0 Å². The first kappa shape index (κ1) is 23.5. The van der Waals surface area contributed by atoms with Gasteiger partial charge in [0.05, 0.1) is 6.61 Å². The Hall–Kier alpha value is -0.530. The van der Waals surface area contributed by atoms with Crippen LogP contribution < -0.4 is 0 Å². The number of rotatable bonds is 17. The lowest BCUT2D eigenvalue weighted by Gasteiger charge is -2.29. The van der Waals surface area contributed by atoms with E-state index in [1.807, 2.05) is 0 Å². The fourth-order valence-corrected chi connectivity index (χ4v) is 3.23. The van der Waals surface area contributed by atoms with Crippen LogP contribution >= 0.6 is 0 Å². The number of carbonyl (C=O) groups excluding carboxylic acids is 1. The summed E-state index contributed by atoms with van der Waals surface area (Å²) in [6.45, 7) is 9.59. The third-order valence-electron chi connectivity index (χ3n) is 5.08. The molecule has 24 heavy (non-hydrogen) atoms. The lowest BCUT2D eigenvalue weighted by Crippen LogP contribution is -2.25. The summed E-state index contributed by atoms with van der Waals surface area (Å²) in [6, 6.07) is 0. The Morgan fingerprint density at radius 2 is 1.17 bits per heavy atom. The molecule has 0 aromatic heterocycles. The van der Waals surface area contributed by atoms with Gasteiger partial charge in [0, 0.05) is 11.8 Å². The molecule has 144 valence electrons. The highest BCUT2D eigenvalue weighted by Crippen LogP contribution is 2.32. The lowest BCUT2D eigenvalue weighted by atomic mass is 9.80. The molecule has 0 aliphatic heterocycles. The topological polar surface area (TPSA) is 26.3 Å². The molecular weight excluding hydrogens is 296 g/mol. The first-order valence-corrected chi connectivity index (χ1v) is 10.7. The number of hydrogen-bond acceptors (Lipinski definition) is 2. The molecule has 0 amide bonds. The molecule has 0 fully saturated rings. The number of hydrogen-bond donors (Lipinski definition) is 0. The zero-order valence-corrected chi connectivity index (χ0v) is 17.1. The van der Waals surface area contributed by atoms with Gasteiger partial charge in [0.1, 0.15) is 0 Å². The average molecular weight is 341 g/mol. The molecule has 0 radical (unpaired) electrons. The quantitative estimate of drug-likeness (QED) is 0.203. The summed E-state index contributed by atoms with van der Waals surface area (Å²) >= 11 is 0. The summed E-state index contributed by atoms with van der Waals surface area (Å²) in [4.78, 5) is 11.9. The fourth-order valence-electron chi connectivity index (χ4n) is 3.23. The molecule has 0 bridgehead atoms. The SMILES string of the molecule is CCCCCCCCC(C)(CCCCCC)COC(=O)CCCC. The molecule has 2 heteroatoms. The van der Waals surface area contributed by atoms with E-state index >= 15 is 0 Å². The minimum Gasteiger partial charge on any atom is -0.465 e. The van der Waals surface area contributed by atoms with Gasteiger partial charge in [-0.1, -0.05) is 98.3 Å². The second-order valence-corrected chi connectivity index (χ2v) is 7.90. The number of ether oxygens (including phenoxy) is 1. The van der Waals surface area contributed by atoms with Crippen molar-refractivity contribution >= 4 is 5.97 Å². The zero-order chi connectivity index (χ0) is 18.1. The van der Waals surface area contributed by atoms with Crippen LogP contribution in [0.5, 0.6) is 0 Å². The predicted molar refractivity (Wildman–Crippen MR) is 105 cm³/mol. The molecule has 0 aliphatic carbocycles. The number of esters is 1. The van der Waals surface area contributed by atoms with Gasteiger partial charge in [-0.05, 0) is 19.3 Å². The molecule has 1 atom stereocenters. The summed E-state index contributed by atoms with van der Waals surface area (Å²) < 4.78 is 5.62. The molecule has 0 aromatic carbocycles. The summed E-state index contributed by atoms with van der Waals surface area (Å²) in [6.07, 6.45) is 18.2. The van der Waals surface area contributed by atoms with E-state index in [-0.39, 0.29) is 11.4 Å². The molecule has 0 aromatic rings. The Bertz CT molecular complexity index is 288. The summed E-state index contributed by atoms with van der Waals surface area (Å²) in [7, 11) is 0. The maximum absolute atomic E-state index is 11.9. The van der Waals surface area contributed by atoms with Crippen LogP contribution in [0, 0.1) is 5.41 Å². The predicted octanol–water partition coefficient (Wildman–Crippen LogP) is 7.45. The zero-order valence-electron chi connectivity index (χ0n) is 17.1. The minimum absolute atomic E-state index is 0.000390. The molecular formula is C22H44O2. The van der Waals surface area contributed by atoms with Crippen LogP contribution in [-0.2, 0) is 9.53 Å². The van der Waals surface area contributed by atoms with E-state index in [0.29, 0.717) is 13.0 Å². The van der Waals surface area contributed by atoms with Gasteiger partial charge >= 0.3 is 5.97 Å². The maximum Gasteiger partial charge on any atom is 0.305 e. The average Bonchev–Trinajstić information content (AvgIpc) is 2.58. The van der Waals surface area contributed by atoms with Crippen molar-refractivity contribution < 1.29 is 9.53 Å². The van der Waals surface area contributed by atoms with Crippen molar-refractivity contribution in [3.63, 3.8) is 0 Å². The summed E-state index contributed by atoms with van der Waals surface area (Å²) in [5.74, 6) is -0.000390. The smallest absolute Gasteiger partial charge is 0.305 e. The van der Waals surface area contributed by atoms with Gasteiger partial charge in [-0.2, -0.15) is 0 Å². The monoisotopic (exact) mass is 340 g/mol. The van der Waals surface area contributed by atoms with Crippen LogP contribution in [0.3, 0.4) is 0 Å². The minimum atomic E-state index is -0.000390. The highest BCUT2D eigenvalue weighted by molar-refractivity contribution is 5.69. The van der Waals surface area contributed by atoms with Gasteiger partial charge in [0.15, 0.2) is 0 Å². The van der Waals surface area contributed by atoms with Crippen LogP contribution in [0.25, 0.3) is 0 Å². The maximum atomic E-state index is 11.9. The van der Waals surface area contributed by atoms with Gasteiger partial charge in [-0.25, -0.2) is 0 Å². The van der Waals surface area contributed by atoms with E-state index in [2.05, 4.69) is 27.7 Å². The molecule has 2 nitrogen and oxygen atoms in total. The van der Waals surface area contributed by atoms with E-state index in [4.69, 9.17) is 4.74 Å². The van der Waals surface area contributed by atoms with Crippen LogP contribution in [0.1, 0.15) is 124 Å². The molecule has 0 rings (SSSR count). The van der Waals surface area contributed by atoms with Crippen LogP contribution in [-0.4, -0.2) is 12.6 Å². The summed E-state index contributed by atoms with van der Waals surface area (Å²) in [5, 5.41) is 0. The molecule has 1 unspecified atom stereocenters. The largest absolute Gasteiger partial charge is 0.465 e. The second kappa shape index (κ2) is 16.0. The van der Waals surface area contributed by atoms with E-state index < -0.39 is 0 Å². The molecule has 0 saturated heterocycles. The number of carbonyl (C=O) groups is 1. The van der Waals surface area contributed by atoms with E-state index in [1.54, 1.807) is 0 Å². The van der Waals surface area contributed by atoms with Gasteiger partial charge in [0.2, 0.25) is 0 Å². The Morgan fingerprint density at radius 1 is 0.708 bits per heavy atom. The van der Waals surface area contributed by atoms with Crippen LogP contribution in [0.15, 0.2) is 0 Å². The van der Waals surface area contributed by atoms with Gasteiger partial charge < -0.3 is 4.74 Å². The highest BCUT2D eigenvalue weighted by atomic mass is 16.5. The normalized spacial score (nSPS) is 13.7.